The Balaban J connectivity index is 1.60. The molecule has 2 N–H and O–H groups in total. The Morgan fingerprint density at radius 1 is 1.21 bits per heavy atom. The second-order valence-electron chi connectivity index (χ2n) is 5.81. The van der Waals surface area contributed by atoms with Gasteiger partial charge in [-0.2, -0.15) is 0 Å². The zero-order valence-corrected chi connectivity index (χ0v) is 14.6. The van der Waals surface area contributed by atoms with E-state index in [1.165, 1.54) is 0 Å². The van der Waals surface area contributed by atoms with Gasteiger partial charge in [-0.1, -0.05) is 24.3 Å². The molecule has 0 saturated carbocycles. The van der Waals surface area contributed by atoms with E-state index in [-0.39, 0.29) is 12.1 Å². The lowest BCUT2D eigenvalue weighted by Gasteiger charge is -2.22. The quantitative estimate of drug-likeness (QED) is 0.719. The highest BCUT2D eigenvalue weighted by molar-refractivity contribution is 7.09. The van der Waals surface area contributed by atoms with E-state index in [9.17, 15) is 4.79 Å². The summed E-state index contributed by atoms with van der Waals surface area (Å²) in [6, 6.07) is 13.7. The van der Waals surface area contributed by atoms with Gasteiger partial charge in [0.25, 0.3) is 0 Å². The molecule has 1 atom stereocenters. The zero-order valence-electron chi connectivity index (χ0n) is 13.8. The number of urea groups is 1. The number of nitrogens with one attached hydrogen (secondary N) is 2. The van der Waals surface area contributed by atoms with E-state index in [0.717, 1.165) is 21.6 Å². The third kappa shape index (κ3) is 3.96. The molecule has 2 aromatic heterocycles. The molecule has 0 aliphatic heterocycles. The Morgan fingerprint density at radius 3 is 2.75 bits per heavy atom. The predicted molar refractivity (Wildman–Crippen MR) is 97.2 cm³/mol. The number of hydrogen-bond acceptors (Lipinski definition) is 4. The van der Waals surface area contributed by atoms with E-state index in [2.05, 4.69) is 10.6 Å². The summed E-state index contributed by atoms with van der Waals surface area (Å²) in [6.45, 7) is 1.02. The molecule has 0 aliphatic rings. The predicted octanol–water partition coefficient (Wildman–Crippen LogP) is 3.60. The maximum atomic E-state index is 12.0. The van der Waals surface area contributed by atoms with Crippen LogP contribution in [0.2, 0.25) is 0 Å². The highest BCUT2D eigenvalue weighted by Gasteiger charge is 2.19. The lowest BCUT2D eigenvalue weighted by molar-refractivity contribution is 0.226. The molecule has 1 aromatic carbocycles. The second-order valence-corrected chi connectivity index (χ2v) is 6.84. The molecule has 3 aromatic rings. The van der Waals surface area contributed by atoms with Crippen molar-refractivity contribution in [1.82, 2.24) is 15.5 Å². The summed E-state index contributed by atoms with van der Waals surface area (Å²) in [4.78, 5) is 15.2. The third-order valence-electron chi connectivity index (χ3n) is 3.86. The summed E-state index contributed by atoms with van der Waals surface area (Å²) in [5, 5.41) is 8.86. The van der Waals surface area contributed by atoms with Gasteiger partial charge in [0, 0.05) is 16.8 Å². The summed E-state index contributed by atoms with van der Waals surface area (Å²) in [7, 11) is 3.95. The molecule has 0 aliphatic carbocycles. The molecule has 6 heteroatoms. The fourth-order valence-electron chi connectivity index (χ4n) is 2.54. The van der Waals surface area contributed by atoms with Crippen LogP contribution in [-0.4, -0.2) is 31.6 Å². The largest absolute Gasteiger partial charge is 0.459 e. The second kappa shape index (κ2) is 7.51. The summed E-state index contributed by atoms with van der Waals surface area (Å²) in [5.41, 5.74) is 0.862. The number of amides is 2. The van der Waals surface area contributed by atoms with E-state index in [1.807, 2.05) is 66.8 Å². The fraction of sp³-hybridized carbons (Fsp3) is 0.278. The van der Waals surface area contributed by atoms with Gasteiger partial charge in [-0.3, -0.25) is 4.90 Å². The van der Waals surface area contributed by atoms with Crippen LogP contribution in [-0.2, 0) is 6.54 Å². The van der Waals surface area contributed by atoms with Crippen LogP contribution in [0.25, 0.3) is 11.0 Å². The monoisotopic (exact) mass is 343 g/mol. The van der Waals surface area contributed by atoms with Crippen molar-refractivity contribution in [3.05, 3.63) is 58.5 Å². The minimum atomic E-state index is -0.175. The van der Waals surface area contributed by atoms with E-state index in [1.54, 1.807) is 11.3 Å². The summed E-state index contributed by atoms with van der Waals surface area (Å²) < 4.78 is 5.93. The summed E-state index contributed by atoms with van der Waals surface area (Å²) >= 11 is 1.63. The van der Waals surface area contributed by atoms with Crippen molar-refractivity contribution in [1.29, 1.82) is 0 Å². The molecule has 0 saturated heterocycles. The fourth-order valence-corrected chi connectivity index (χ4v) is 3.18. The molecule has 5 nitrogen and oxygen atoms in total. The van der Waals surface area contributed by atoms with E-state index < -0.39 is 0 Å². The van der Waals surface area contributed by atoms with Crippen molar-refractivity contribution in [2.75, 3.05) is 20.6 Å². The van der Waals surface area contributed by atoms with Gasteiger partial charge in [0.15, 0.2) is 0 Å². The number of hydrogen-bond donors (Lipinski definition) is 2. The Labute approximate surface area is 145 Å². The Bertz CT molecular complexity index is 763. The van der Waals surface area contributed by atoms with Crippen LogP contribution in [0.4, 0.5) is 4.79 Å². The Kier molecular flexibility index (Phi) is 5.17. The molecule has 3 rings (SSSR count). The van der Waals surface area contributed by atoms with E-state index in [0.29, 0.717) is 13.1 Å². The SMILES string of the molecule is CN(C)[C@H](CNC(=O)NCc1cccs1)c1cc2ccccc2o1. The zero-order chi connectivity index (χ0) is 16.9. The van der Waals surface area contributed by atoms with Crippen molar-refractivity contribution in [2.45, 2.75) is 12.6 Å². The molecule has 0 radical (unpaired) electrons. The highest BCUT2D eigenvalue weighted by atomic mass is 32.1. The maximum Gasteiger partial charge on any atom is 0.315 e. The van der Waals surface area contributed by atoms with Crippen LogP contribution in [0.15, 0.2) is 52.3 Å². The first-order chi connectivity index (χ1) is 11.6. The van der Waals surface area contributed by atoms with Crippen LogP contribution in [0.3, 0.4) is 0 Å². The lowest BCUT2D eigenvalue weighted by atomic mass is 10.2. The van der Waals surface area contributed by atoms with Gasteiger partial charge < -0.3 is 15.1 Å². The first-order valence-electron chi connectivity index (χ1n) is 7.82. The summed E-state index contributed by atoms with van der Waals surface area (Å²) in [5.74, 6) is 0.847. The number of nitrogens with zero attached hydrogens (tertiary/aromatic N) is 1. The number of carbonyl (C=O) groups is 1. The number of thiophene rings is 1. The first kappa shape index (κ1) is 16.5. The number of furan rings is 1. The van der Waals surface area contributed by atoms with Crippen molar-refractivity contribution in [2.24, 2.45) is 0 Å². The normalized spacial score (nSPS) is 12.5. The van der Waals surface area contributed by atoms with Crippen molar-refractivity contribution < 1.29 is 9.21 Å². The maximum absolute atomic E-state index is 12.0. The van der Waals surface area contributed by atoms with Crippen molar-refractivity contribution in [3.8, 4) is 0 Å². The average molecular weight is 343 g/mol. The Morgan fingerprint density at radius 2 is 2.04 bits per heavy atom. The molecule has 2 heterocycles. The van der Waals surface area contributed by atoms with Crippen LogP contribution >= 0.6 is 11.3 Å². The molecule has 0 spiro atoms. The number of benzene rings is 1. The molecule has 0 fully saturated rings. The Hall–Kier alpha value is -2.31. The van der Waals surface area contributed by atoms with Gasteiger partial charge in [0.1, 0.15) is 11.3 Å². The lowest BCUT2D eigenvalue weighted by Crippen LogP contribution is -2.40. The van der Waals surface area contributed by atoms with Gasteiger partial charge in [-0.25, -0.2) is 4.79 Å². The van der Waals surface area contributed by atoms with Crippen LogP contribution in [0.5, 0.6) is 0 Å². The molecular formula is C18H21N3O2S. The van der Waals surface area contributed by atoms with Gasteiger partial charge in [-0.05, 0) is 37.7 Å². The van der Waals surface area contributed by atoms with Crippen LogP contribution < -0.4 is 10.6 Å². The van der Waals surface area contributed by atoms with Crippen LogP contribution in [0, 0.1) is 0 Å². The van der Waals surface area contributed by atoms with E-state index in [4.69, 9.17) is 4.42 Å². The number of likely N-dealkylation sites (N-methyl/N-ethyl adjacent to an activating group) is 1. The van der Waals surface area contributed by atoms with Gasteiger partial charge in [0.2, 0.25) is 0 Å². The van der Waals surface area contributed by atoms with Crippen LogP contribution in [0.1, 0.15) is 16.7 Å². The smallest absolute Gasteiger partial charge is 0.315 e. The number of para-hydroxylation sites is 1. The number of fused-ring (bicyclic) bond motifs is 1. The molecule has 0 unspecified atom stereocenters. The molecule has 126 valence electrons. The minimum Gasteiger partial charge on any atom is -0.459 e. The average Bonchev–Trinajstić information content (AvgIpc) is 3.22. The molecule has 2 amide bonds. The topological polar surface area (TPSA) is 57.5 Å². The summed E-state index contributed by atoms with van der Waals surface area (Å²) in [6.07, 6.45) is 0. The number of carbonyl (C=O) groups excluding carboxylic acids is 1. The number of rotatable bonds is 6. The minimum absolute atomic E-state index is 0.0233. The van der Waals surface area contributed by atoms with Crippen molar-refractivity contribution >= 4 is 28.3 Å². The van der Waals surface area contributed by atoms with E-state index >= 15 is 0 Å². The molecule has 0 bridgehead atoms. The van der Waals surface area contributed by atoms with Crippen molar-refractivity contribution in [3.63, 3.8) is 0 Å². The third-order valence-corrected chi connectivity index (χ3v) is 4.73. The standard InChI is InChI=1S/C18H21N3O2S/c1-21(2)15(17-10-13-6-3-4-8-16(13)23-17)12-20-18(22)19-11-14-7-5-9-24-14/h3-10,15H,11-12H2,1-2H3,(H2,19,20,22)/t15-/m1/s1. The first-order valence-corrected chi connectivity index (χ1v) is 8.70. The highest BCUT2D eigenvalue weighted by Crippen LogP contribution is 2.25. The molecule has 24 heavy (non-hydrogen) atoms. The van der Waals surface area contributed by atoms with Gasteiger partial charge in [-0.15, -0.1) is 11.3 Å². The van der Waals surface area contributed by atoms with Gasteiger partial charge in [0.05, 0.1) is 12.6 Å². The molecular weight excluding hydrogens is 322 g/mol. The van der Waals surface area contributed by atoms with Gasteiger partial charge >= 0.3 is 6.03 Å².